The predicted molar refractivity (Wildman–Crippen MR) is 62.6 cm³/mol. The topological polar surface area (TPSA) is 61.5 Å². The summed E-state index contributed by atoms with van der Waals surface area (Å²) in [5.41, 5.74) is 5.88. The van der Waals surface area contributed by atoms with Crippen LogP contribution in [0.25, 0.3) is 0 Å². The third-order valence-corrected chi connectivity index (χ3v) is 1.88. The Morgan fingerprint density at radius 2 is 1.94 bits per heavy atom. The number of rotatable bonds is 2. The predicted octanol–water partition coefficient (Wildman–Crippen LogP) is 2.23. The Morgan fingerprint density at radius 3 is 2.44 bits per heavy atom. The number of carbonyl (C=O) groups excluding carboxylic acids is 1. The molecule has 0 unspecified atom stereocenters. The standard InChI is InChI=1S/C12H17NO3/c1-12(2,3)16-11(14)9-7-8(15-4)5-6-10(9)13/h5-7H,13H2,1-4H3. The summed E-state index contributed by atoms with van der Waals surface area (Å²) in [6.45, 7) is 5.42. The number of benzene rings is 1. The molecule has 0 fully saturated rings. The third-order valence-electron chi connectivity index (χ3n) is 1.88. The van der Waals surface area contributed by atoms with E-state index in [1.165, 1.54) is 7.11 Å². The molecule has 1 aromatic rings. The van der Waals surface area contributed by atoms with Gasteiger partial charge in [0.25, 0.3) is 0 Å². The van der Waals surface area contributed by atoms with E-state index in [0.717, 1.165) is 0 Å². The van der Waals surface area contributed by atoms with Crippen molar-refractivity contribution in [1.82, 2.24) is 0 Å². The van der Waals surface area contributed by atoms with Crippen LogP contribution in [-0.4, -0.2) is 18.7 Å². The summed E-state index contributed by atoms with van der Waals surface area (Å²) in [5.74, 6) is 0.138. The summed E-state index contributed by atoms with van der Waals surface area (Å²) < 4.78 is 10.3. The fourth-order valence-electron chi connectivity index (χ4n) is 1.17. The minimum Gasteiger partial charge on any atom is -0.497 e. The molecule has 0 aliphatic carbocycles. The van der Waals surface area contributed by atoms with Gasteiger partial charge in [-0.25, -0.2) is 4.79 Å². The minimum atomic E-state index is -0.535. The lowest BCUT2D eigenvalue weighted by Gasteiger charge is -2.20. The molecule has 16 heavy (non-hydrogen) atoms. The molecule has 0 heterocycles. The molecule has 0 saturated heterocycles. The van der Waals surface area contributed by atoms with Gasteiger partial charge in [0.2, 0.25) is 0 Å². The zero-order chi connectivity index (χ0) is 12.3. The number of methoxy groups -OCH3 is 1. The Kier molecular flexibility index (Phi) is 3.42. The highest BCUT2D eigenvalue weighted by atomic mass is 16.6. The summed E-state index contributed by atoms with van der Waals surface area (Å²) in [5, 5.41) is 0. The lowest BCUT2D eigenvalue weighted by Crippen LogP contribution is -2.24. The summed E-state index contributed by atoms with van der Waals surface area (Å²) in [4.78, 5) is 11.8. The van der Waals surface area contributed by atoms with Crippen molar-refractivity contribution < 1.29 is 14.3 Å². The fraction of sp³-hybridized carbons (Fsp3) is 0.417. The second-order valence-corrected chi connectivity index (χ2v) is 4.46. The molecule has 4 heteroatoms. The summed E-state index contributed by atoms with van der Waals surface area (Å²) >= 11 is 0. The number of nitrogens with two attached hydrogens (primary N) is 1. The molecule has 0 radical (unpaired) electrons. The highest BCUT2D eigenvalue weighted by molar-refractivity contribution is 5.95. The van der Waals surface area contributed by atoms with Crippen molar-refractivity contribution in [2.45, 2.75) is 26.4 Å². The van der Waals surface area contributed by atoms with Crippen LogP contribution in [0.15, 0.2) is 18.2 Å². The maximum absolute atomic E-state index is 11.8. The number of esters is 1. The van der Waals surface area contributed by atoms with E-state index in [0.29, 0.717) is 17.0 Å². The van der Waals surface area contributed by atoms with Crippen molar-refractivity contribution in [3.05, 3.63) is 23.8 Å². The maximum atomic E-state index is 11.8. The molecule has 4 nitrogen and oxygen atoms in total. The van der Waals surface area contributed by atoms with E-state index < -0.39 is 11.6 Å². The van der Waals surface area contributed by atoms with Crippen LogP contribution in [0.3, 0.4) is 0 Å². The van der Waals surface area contributed by atoms with Gasteiger partial charge in [0.1, 0.15) is 11.4 Å². The average Bonchev–Trinajstić information content (AvgIpc) is 2.15. The number of anilines is 1. The Balaban J connectivity index is 2.98. The average molecular weight is 223 g/mol. The van der Waals surface area contributed by atoms with E-state index >= 15 is 0 Å². The van der Waals surface area contributed by atoms with Crippen molar-refractivity contribution in [1.29, 1.82) is 0 Å². The van der Waals surface area contributed by atoms with Gasteiger partial charge in [0, 0.05) is 5.69 Å². The molecular weight excluding hydrogens is 206 g/mol. The zero-order valence-electron chi connectivity index (χ0n) is 10.0. The fourth-order valence-corrected chi connectivity index (χ4v) is 1.17. The molecule has 1 rings (SSSR count). The first kappa shape index (κ1) is 12.4. The van der Waals surface area contributed by atoms with E-state index in [1.807, 2.05) is 0 Å². The van der Waals surface area contributed by atoms with Gasteiger partial charge in [-0.1, -0.05) is 0 Å². The number of hydrogen-bond donors (Lipinski definition) is 1. The molecule has 0 aromatic heterocycles. The highest BCUT2D eigenvalue weighted by Crippen LogP contribution is 2.22. The van der Waals surface area contributed by atoms with Crippen molar-refractivity contribution >= 4 is 11.7 Å². The number of ether oxygens (including phenoxy) is 2. The van der Waals surface area contributed by atoms with E-state index in [9.17, 15) is 4.79 Å². The largest absolute Gasteiger partial charge is 0.497 e. The summed E-state index contributed by atoms with van der Waals surface area (Å²) in [7, 11) is 1.53. The molecule has 2 N–H and O–H groups in total. The van der Waals surface area contributed by atoms with Crippen molar-refractivity contribution in [3.8, 4) is 5.75 Å². The van der Waals surface area contributed by atoms with Crippen LogP contribution in [0.4, 0.5) is 5.69 Å². The normalized spacial score (nSPS) is 11.0. The van der Waals surface area contributed by atoms with Crippen LogP contribution in [-0.2, 0) is 4.74 Å². The first-order chi connectivity index (χ1) is 7.33. The monoisotopic (exact) mass is 223 g/mol. The van der Waals surface area contributed by atoms with Gasteiger partial charge in [-0.2, -0.15) is 0 Å². The van der Waals surface area contributed by atoms with Crippen LogP contribution in [0, 0.1) is 0 Å². The smallest absolute Gasteiger partial charge is 0.340 e. The van der Waals surface area contributed by atoms with E-state index in [2.05, 4.69) is 0 Å². The Hall–Kier alpha value is -1.71. The molecule has 0 saturated carbocycles. The van der Waals surface area contributed by atoms with Crippen molar-refractivity contribution in [3.63, 3.8) is 0 Å². The molecule has 0 bridgehead atoms. The molecule has 88 valence electrons. The zero-order valence-corrected chi connectivity index (χ0v) is 10.0. The van der Waals surface area contributed by atoms with E-state index in [1.54, 1.807) is 39.0 Å². The first-order valence-corrected chi connectivity index (χ1v) is 5.00. The molecule has 0 aliphatic heterocycles. The number of nitrogen functional groups attached to an aromatic ring is 1. The Morgan fingerprint density at radius 1 is 1.31 bits per heavy atom. The third kappa shape index (κ3) is 3.15. The first-order valence-electron chi connectivity index (χ1n) is 5.00. The second kappa shape index (κ2) is 4.43. The van der Waals surface area contributed by atoms with Crippen LogP contribution >= 0.6 is 0 Å². The van der Waals surface area contributed by atoms with Gasteiger partial charge in [-0.05, 0) is 39.0 Å². The lowest BCUT2D eigenvalue weighted by atomic mass is 10.1. The van der Waals surface area contributed by atoms with Gasteiger partial charge < -0.3 is 15.2 Å². The van der Waals surface area contributed by atoms with Gasteiger partial charge >= 0.3 is 5.97 Å². The Bertz CT molecular complexity index is 394. The van der Waals surface area contributed by atoms with Gasteiger partial charge in [-0.15, -0.1) is 0 Å². The lowest BCUT2D eigenvalue weighted by molar-refractivity contribution is 0.00705. The van der Waals surface area contributed by atoms with Gasteiger partial charge in [0.05, 0.1) is 12.7 Å². The van der Waals surface area contributed by atoms with Crippen LogP contribution in [0.2, 0.25) is 0 Å². The second-order valence-electron chi connectivity index (χ2n) is 4.46. The number of carbonyl (C=O) groups is 1. The van der Waals surface area contributed by atoms with E-state index in [4.69, 9.17) is 15.2 Å². The summed E-state index contributed by atoms with van der Waals surface area (Å²) in [6, 6.07) is 4.89. The van der Waals surface area contributed by atoms with Crippen molar-refractivity contribution in [2.24, 2.45) is 0 Å². The highest BCUT2D eigenvalue weighted by Gasteiger charge is 2.20. The van der Waals surface area contributed by atoms with E-state index in [-0.39, 0.29) is 0 Å². The molecule has 0 amide bonds. The quantitative estimate of drug-likeness (QED) is 0.617. The van der Waals surface area contributed by atoms with Crippen LogP contribution in [0.1, 0.15) is 31.1 Å². The van der Waals surface area contributed by atoms with Crippen molar-refractivity contribution in [2.75, 3.05) is 12.8 Å². The summed E-state index contributed by atoms with van der Waals surface area (Å²) in [6.07, 6.45) is 0. The Labute approximate surface area is 95.3 Å². The molecule has 0 atom stereocenters. The van der Waals surface area contributed by atoms with Crippen LogP contribution in [0.5, 0.6) is 5.75 Å². The van der Waals surface area contributed by atoms with Gasteiger partial charge in [-0.3, -0.25) is 0 Å². The maximum Gasteiger partial charge on any atom is 0.340 e. The molecule has 1 aromatic carbocycles. The number of hydrogen-bond acceptors (Lipinski definition) is 4. The molecule has 0 aliphatic rings. The van der Waals surface area contributed by atoms with Gasteiger partial charge in [0.15, 0.2) is 0 Å². The molecular formula is C12H17NO3. The minimum absolute atomic E-state index is 0.328. The molecule has 0 spiro atoms. The SMILES string of the molecule is COc1ccc(N)c(C(=O)OC(C)(C)C)c1. The van der Waals surface area contributed by atoms with Crippen LogP contribution < -0.4 is 10.5 Å².